The van der Waals surface area contributed by atoms with Gasteiger partial charge in [-0.1, -0.05) is 42.0 Å². The summed E-state index contributed by atoms with van der Waals surface area (Å²) in [4.78, 5) is 28.3. The molecular weight excluding hydrogens is 333 g/mol. The molecule has 0 aliphatic heterocycles. The van der Waals surface area contributed by atoms with Crippen molar-refractivity contribution in [2.24, 2.45) is 0 Å². The number of carbonyl (C=O) groups excluding carboxylic acids is 1. The third kappa shape index (κ3) is 4.22. The molecule has 0 saturated heterocycles. The van der Waals surface area contributed by atoms with Crippen molar-refractivity contribution in [3.05, 3.63) is 88.2 Å². The van der Waals surface area contributed by atoms with Gasteiger partial charge in [0.05, 0.1) is 12.0 Å². The van der Waals surface area contributed by atoms with E-state index in [2.05, 4.69) is 10.3 Å². The van der Waals surface area contributed by atoms with E-state index in [0.717, 1.165) is 11.1 Å². The zero-order valence-electron chi connectivity index (χ0n) is 14.3. The van der Waals surface area contributed by atoms with Gasteiger partial charge >= 0.3 is 0 Å². The Kier molecular flexibility index (Phi) is 5.22. The lowest BCUT2D eigenvalue weighted by atomic mass is 10.1. The average molecular weight is 351 g/mol. The first-order valence-corrected chi connectivity index (χ1v) is 8.16. The number of carbonyl (C=O) groups is 1. The quantitative estimate of drug-likeness (QED) is 0.769. The van der Waals surface area contributed by atoms with Crippen LogP contribution in [0.4, 0.5) is 4.39 Å². The van der Waals surface area contributed by atoms with Gasteiger partial charge in [0, 0.05) is 18.2 Å². The maximum absolute atomic E-state index is 13.8. The Morgan fingerprint density at radius 3 is 2.58 bits per heavy atom. The summed E-state index contributed by atoms with van der Waals surface area (Å²) in [7, 11) is 0. The average Bonchev–Trinajstić information content (AvgIpc) is 2.63. The molecule has 26 heavy (non-hydrogen) atoms. The van der Waals surface area contributed by atoms with Gasteiger partial charge in [-0.3, -0.25) is 14.2 Å². The normalized spacial score (nSPS) is 10.5. The molecule has 0 aliphatic carbocycles. The molecule has 132 valence electrons. The smallest absolute Gasteiger partial charge is 0.254 e. The minimum absolute atomic E-state index is 0.144. The van der Waals surface area contributed by atoms with E-state index in [1.807, 2.05) is 31.2 Å². The number of nitrogens with one attached hydrogen (secondary N) is 1. The van der Waals surface area contributed by atoms with Crippen LogP contribution in [0.2, 0.25) is 0 Å². The Morgan fingerprint density at radius 2 is 1.88 bits per heavy atom. The minimum atomic E-state index is -0.451. The third-order valence-electron chi connectivity index (χ3n) is 3.95. The van der Waals surface area contributed by atoms with Crippen LogP contribution in [-0.4, -0.2) is 15.5 Å². The number of hydrogen-bond acceptors (Lipinski definition) is 3. The number of aryl methyl sites for hydroxylation is 1. The number of amides is 1. The van der Waals surface area contributed by atoms with Crippen LogP contribution < -0.4 is 10.9 Å². The maximum atomic E-state index is 13.8. The molecule has 0 atom stereocenters. The molecule has 1 amide bonds. The van der Waals surface area contributed by atoms with E-state index in [4.69, 9.17) is 0 Å². The Bertz CT molecular complexity index is 981. The number of hydrogen-bond donors (Lipinski definition) is 1. The summed E-state index contributed by atoms with van der Waals surface area (Å²) in [6.07, 6.45) is 1.26. The summed E-state index contributed by atoms with van der Waals surface area (Å²) >= 11 is 0. The molecule has 0 spiro atoms. The summed E-state index contributed by atoms with van der Waals surface area (Å²) in [5.41, 5.74) is 2.20. The van der Waals surface area contributed by atoms with Crippen molar-refractivity contribution in [2.75, 3.05) is 0 Å². The monoisotopic (exact) mass is 351 g/mol. The fraction of sp³-hybridized carbons (Fsp3) is 0.150. The Labute approximate surface area is 150 Å². The molecule has 0 aliphatic rings. The van der Waals surface area contributed by atoms with Gasteiger partial charge in [0.2, 0.25) is 5.91 Å². The summed E-state index contributed by atoms with van der Waals surface area (Å²) in [6, 6.07) is 15.1. The van der Waals surface area contributed by atoms with Crippen molar-refractivity contribution in [3.8, 4) is 11.3 Å². The highest BCUT2D eigenvalue weighted by molar-refractivity contribution is 5.75. The molecule has 3 aromatic rings. The first-order valence-electron chi connectivity index (χ1n) is 8.16. The largest absolute Gasteiger partial charge is 0.350 e. The molecule has 0 bridgehead atoms. The van der Waals surface area contributed by atoms with Gasteiger partial charge in [-0.05, 0) is 24.6 Å². The second kappa shape index (κ2) is 7.74. The molecule has 5 nitrogen and oxygen atoms in total. The van der Waals surface area contributed by atoms with Gasteiger partial charge < -0.3 is 5.32 Å². The summed E-state index contributed by atoms with van der Waals surface area (Å²) in [6.45, 7) is 2.23. The van der Waals surface area contributed by atoms with E-state index in [0.29, 0.717) is 6.54 Å². The first-order chi connectivity index (χ1) is 12.5. The fourth-order valence-electron chi connectivity index (χ4n) is 2.48. The summed E-state index contributed by atoms with van der Waals surface area (Å²) in [5.74, 6) is -0.749. The maximum Gasteiger partial charge on any atom is 0.254 e. The van der Waals surface area contributed by atoms with Crippen LogP contribution in [0.25, 0.3) is 11.3 Å². The fourth-order valence-corrected chi connectivity index (χ4v) is 2.48. The lowest BCUT2D eigenvalue weighted by Gasteiger charge is -2.08. The predicted molar refractivity (Wildman–Crippen MR) is 96.9 cm³/mol. The van der Waals surface area contributed by atoms with E-state index in [9.17, 15) is 14.0 Å². The Morgan fingerprint density at radius 1 is 1.15 bits per heavy atom. The van der Waals surface area contributed by atoms with Crippen molar-refractivity contribution in [1.82, 2.24) is 14.9 Å². The van der Waals surface area contributed by atoms with Crippen LogP contribution in [0.15, 0.2) is 65.7 Å². The zero-order valence-corrected chi connectivity index (χ0v) is 14.3. The van der Waals surface area contributed by atoms with E-state index in [-0.39, 0.29) is 23.7 Å². The molecule has 1 N–H and O–H groups in total. The molecule has 2 aromatic carbocycles. The van der Waals surface area contributed by atoms with Gasteiger partial charge in [0.1, 0.15) is 12.4 Å². The second-order valence-electron chi connectivity index (χ2n) is 5.98. The molecule has 1 heterocycles. The molecule has 0 fully saturated rings. The molecule has 6 heteroatoms. The molecule has 3 rings (SSSR count). The van der Waals surface area contributed by atoms with Gasteiger partial charge in [0.25, 0.3) is 5.56 Å². The molecule has 0 unspecified atom stereocenters. The SMILES string of the molecule is Cc1ccc(CNC(=O)Cn2cnc(-c3ccccc3F)cc2=O)cc1. The molecule has 0 saturated carbocycles. The van der Waals surface area contributed by atoms with Crippen molar-refractivity contribution >= 4 is 5.91 Å². The van der Waals surface area contributed by atoms with E-state index in [1.54, 1.807) is 18.2 Å². The highest BCUT2D eigenvalue weighted by Crippen LogP contribution is 2.18. The first kappa shape index (κ1) is 17.5. The van der Waals surface area contributed by atoms with Crippen molar-refractivity contribution < 1.29 is 9.18 Å². The standard InChI is InChI=1S/C20H18FN3O2/c1-14-6-8-15(9-7-14)11-22-19(25)12-24-13-23-18(10-20(24)26)16-4-2-3-5-17(16)21/h2-10,13H,11-12H2,1H3,(H,22,25). The highest BCUT2D eigenvalue weighted by Gasteiger charge is 2.09. The number of aromatic nitrogens is 2. The number of rotatable bonds is 5. The minimum Gasteiger partial charge on any atom is -0.350 e. The summed E-state index contributed by atoms with van der Waals surface area (Å²) < 4.78 is 15.0. The van der Waals surface area contributed by atoms with Crippen molar-refractivity contribution in [3.63, 3.8) is 0 Å². The predicted octanol–water partition coefficient (Wildman–Crippen LogP) is 2.67. The van der Waals surface area contributed by atoms with Crippen LogP contribution in [0.1, 0.15) is 11.1 Å². The van der Waals surface area contributed by atoms with Crippen molar-refractivity contribution in [2.45, 2.75) is 20.0 Å². The third-order valence-corrected chi connectivity index (χ3v) is 3.95. The van der Waals surface area contributed by atoms with E-state index in [1.165, 1.54) is 23.0 Å². The molecule has 0 radical (unpaired) electrons. The number of nitrogens with zero attached hydrogens (tertiary/aromatic N) is 2. The topological polar surface area (TPSA) is 64.0 Å². The van der Waals surface area contributed by atoms with E-state index < -0.39 is 11.4 Å². The second-order valence-corrected chi connectivity index (χ2v) is 5.98. The van der Waals surface area contributed by atoms with Crippen LogP contribution in [-0.2, 0) is 17.9 Å². The molecule has 1 aromatic heterocycles. The lowest BCUT2D eigenvalue weighted by Crippen LogP contribution is -2.32. The lowest BCUT2D eigenvalue weighted by molar-refractivity contribution is -0.121. The van der Waals surface area contributed by atoms with Gasteiger partial charge in [-0.25, -0.2) is 9.37 Å². The summed E-state index contributed by atoms with van der Waals surface area (Å²) in [5, 5.41) is 2.76. The van der Waals surface area contributed by atoms with Crippen molar-refractivity contribution in [1.29, 1.82) is 0 Å². The molecular formula is C20H18FN3O2. The highest BCUT2D eigenvalue weighted by atomic mass is 19.1. The van der Waals surface area contributed by atoms with Gasteiger partial charge in [-0.2, -0.15) is 0 Å². The van der Waals surface area contributed by atoms with Gasteiger partial charge in [-0.15, -0.1) is 0 Å². The van der Waals surface area contributed by atoms with Crippen LogP contribution in [0.5, 0.6) is 0 Å². The van der Waals surface area contributed by atoms with Crippen LogP contribution in [0.3, 0.4) is 0 Å². The zero-order chi connectivity index (χ0) is 18.5. The Balaban J connectivity index is 1.66. The van der Waals surface area contributed by atoms with Gasteiger partial charge in [0.15, 0.2) is 0 Å². The van der Waals surface area contributed by atoms with Crippen LogP contribution >= 0.6 is 0 Å². The number of benzene rings is 2. The van der Waals surface area contributed by atoms with E-state index >= 15 is 0 Å². The number of halogens is 1. The van der Waals surface area contributed by atoms with Crippen LogP contribution in [0, 0.1) is 12.7 Å². The Hall–Kier alpha value is -3.28.